The van der Waals surface area contributed by atoms with E-state index in [1.54, 1.807) is 30.3 Å². The van der Waals surface area contributed by atoms with Gasteiger partial charge in [-0.2, -0.15) is 0 Å². The van der Waals surface area contributed by atoms with Crippen LogP contribution in [0.15, 0.2) is 45.8 Å². The fourth-order valence-electron chi connectivity index (χ4n) is 2.79. The predicted molar refractivity (Wildman–Crippen MR) is 90.4 cm³/mol. The smallest absolute Gasteiger partial charge is 0.335 e. The molecule has 0 radical (unpaired) electrons. The van der Waals surface area contributed by atoms with Gasteiger partial charge in [0.2, 0.25) is 0 Å². The van der Waals surface area contributed by atoms with Gasteiger partial charge in [-0.25, -0.2) is 13.2 Å². The minimum Gasteiger partial charge on any atom is -0.478 e. The van der Waals surface area contributed by atoms with Crippen LogP contribution in [0.2, 0.25) is 0 Å². The van der Waals surface area contributed by atoms with Gasteiger partial charge in [0.05, 0.1) is 10.5 Å². The van der Waals surface area contributed by atoms with Gasteiger partial charge >= 0.3 is 5.97 Å². The number of carboxylic acid groups (broad SMARTS) is 1. The van der Waals surface area contributed by atoms with Gasteiger partial charge in [0, 0.05) is 10.2 Å². The number of carboxylic acids is 1. The number of hydrogen-bond donors (Lipinski definition) is 2. The molecular weight excluding hydrogens is 382 g/mol. The van der Waals surface area contributed by atoms with Crippen LogP contribution in [0, 0.1) is 0 Å². The molecule has 0 saturated heterocycles. The summed E-state index contributed by atoms with van der Waals surface area (Å²) >= 11 is 3.29. The quantitative estimate of drug-likeness (QED) is 0.830. The Balaban J connectivity index is 2.08. The van der Waals surface area contributed by atoms with Crippen molar-refractivity contribution in [3.63, 3.8) is 0 Å². The van der Waals surface area contributed by atoms with Crippen molar-refractivity contribution in [1.29, 1.82) is 0 Å². The number of carbonyl (C=O) groups is 1. The van der Waals surface area contributed by atoms with E-state index in [-0.39, 0.29) is 10.5 Å². The van der Waals surface area contributed by atoms with Crippen LogP contribution in [0.5, 0.6) is 0 Å². The minimum atomic E-state index is -3.85. The lowest BCUT2D eigenvalue weighted by molar-refractivity contribution is 0.0696. The monoisotopic (exact) mass is 395 g/mol. The molecule has 1 aliphatic carbocycles. The number of benzene rings is 2. The second-order valence-electron chi connectivity index (χ2n) is 5.39. The molecule has 1 aliphatic rings. The third-order valence-corrected chi connectivity index (χ3v) is 5.73. The van der Waals surface area contributed by atoms with Gasteiger partial charge in [-0.3, -0.25) is 4.72 Å². The van der Waals surface area contributed by atoms with Crippen LogP contribution in [0.4, 0.5) is 5.69 Å². The van der Waals surface area contributed by atoms with Gasteiger partial charge in [0.15, 0.2) is 0 Å². The first-order valence-corrected chi connectivity index (χ1v) is 9.32. The number of halogens is 1. The molecule has 0 heterocycles. The van der Waals surface area contributed by atoms with Crippen LogP contribution < -0.4 is 4.72 Å². The van der Waals surface area contributed by atoms with Crippen LogP contribution in [0.1, 0.15) is 27.9 Å². The summed E-state index contributed by atoms with van der Waals surface area (Å²) in [4.78, 5) is 11.3. The van der Waals surface area contributed by atoms with Gasteiger partial charge in [-0.1, -0.05) is 22.0 Å². The number of sulfonamides is 1. The molecule has 0 aliphatic heterocycles. The lowest BCUT2D eigenvalue weighted by Crippen LogP contribution is -2.16. The fourth-order valence-corrected chi connectivity index (χ4v) is 4.58. The van der Waals surface area contributed by atoms with E-state index >= 15 is 0 Å². The maximum Gasteiger partial charge on any atom is 0.335 e. The number of rotatable bonds is 4. The molecule has 0 unspecified atom stereocenters. The zero-order chi connectivity index (χ0) is 16.6. The van der Waals surface area contributed by atoms with Gasteiger partial charge in [-0.15, -0.1) is 0 Å². The second-order valence-corrected chi connectivity index (χ2v) is 7.95. The van der Waals surface area contributed by atoms with E-state index in [4.69, 9.17) is 0 Å². The summed E-state index contributed by atoms with van der Waals surface area (Å²) in [5.74, 6) is -1.13. The van der Waals surface area contributed by atoms with Crippen molar-refractivity contribution in [1.82, 2.24) is 0 Å². The van der Waals surface area contributed by atoms with Crippen molar-refractivity contribution in [3.8, 4) is 0 Å². The van der Waals surface area contributed by atoms with Crippen molar-refractivity contribution in [2.45, 2.75) is 24.2 Å². The van der Waals surface area contributed by atoms with E-state index < -0.39 is 16.0 Å². The number of aryl methyl sites for hydroxylation is 1. The van der Waals surface area contributed by atoms with Crippen LogP contribution in [0.3, 0.4) is 0 Å². The van der Waals surface area contributed by atoms with Crippen molar-refractivity contribution < 1.29 is 18.3 Å². The van der Waals surface area contributed by atoms with Crippen LogP contribution in [0.25, 0.3) is 0 Å². The Labute approximate surface area is 142 Å². The highest BCUT2D eigenvalue weighted by molar-refractivity contribution is 9.10. The molecule has 2 aromatic carbocycles. The van der Waals surface area contributed by atoms with Crippen molar-refractivity contribution in [2.24, 2.45) is 0 Å². The van der Waals surface area contributed by atoms with Crippen LogP contribution in [-0.4, -0.2) is 19.5 Å². The van der Waals surface area contributed by atoms with E-state index in [2.05, 4.69) is 20.7 Å². The largest absolute Gasteiger partial charge is 0.478 e. The molecule has 5 nitrogen and oxygen atoms in total. The van der Waals surface area contributed by atoms with E-state index in [0.29, 0.717) is 18.5 Å². The summed E-state index contributed by atoms with van der Waals surface area (Å²) in [5.41, 5.74) is 1.95. The lowest BCUT2D eigenvalue weighted by atomic mass is 10.1. The first-order chi connectivity index (χ1) is 10.9. The molecular formula is C16H14BrNO4S. The maximum atomic E-state index is 12.7. The molecule has 0 bridgehead atoms. The standard InChI is InChI=1S/C16H14BrNO4S/c17-12-4-2-5-13(9-12)18-23(21,22)15-8-11(16(19)20)7-10-3-1-6-14(10)15/h2,4-5,7-9,18H,1,3,6H2,(H,19,20). The average molecular weight is 396 g/mol. The zero-order valence-electron chi connectivity index (χ0n) is 12.0. The number of hydrogen-bond acceptors (Lipinski definition) is 3. The fraction of sp³-hybridized carbons (Fsp3) is 0.188. The molecule has 0 atom stereocenters. The van der Waals surface area contributed by atoms with Gasteiger partial charge < -0.3 is 5.11 Å². The summed E-state index contributed by atoms with van der Waals surface area (Å²) in [6, 6.07) is 9.62. The maximum absolute atomic E-state index is 12.7. The highest BCUT2D eigenvalue weighted by atomic mass is 79.9. The summed E-state index contributed by atoms with van der Waals surface area (Å²) in [6.45, 7) is 0. The highest BCUT2D eigenvalue weighted by Crippen LogP contribution is 2.31. The van der Waals surface area contributed by atoms with Crippen LogP contribution in [-0.2, 0) is 22.9 Å². The summed E-state index contributed by atoms with van der Waals surface area (Å²) in [5, 5.41) is 9.21. The third kappa shape index (κ3) is 3.25. The number of anilines is 1. The molecule has 0 amide bonds. The Morgan fingerprint density at radius 2 is 1.96 bits per heavy atom. The second kappa shape index (κ2) is 5.98. The number of aromatic carboxylic acids is 1. The number of fused-ring (bicyclic) bond motifs is 1. The molecule has 0 aromatic heterocycles. The average Bonchev–Trinajstić information content (AvgIpc) is 2.93. The lowest BCUT2D eigenvalue weighted by Gasteiger charge is -2.13. The Hall–Kier alpha value is -1.86. The summed E-state index contributed by atoms with van der Waals surface area (Å²) < 4.78 is 28.7. The Kier molecular flexibility index (Phi) is 4.16. The van der Waals surface area contributed by atoms with E-state index in [1.165, 1.54) is 6.07 Å². The molecule has 0 saturated carbocycles. The molecule has 120 valence electrons. The van der Waals surface area contributed by atoms with Gasteiger partial charge in [0.25, 0.3) is 10.0 Å². The minimum absolute atomic E-state index is 0.000247. The Morgan fingerprint density at radius 3 is 2.65 bits per heavy atom. The molecule has 7 heteroatoms. The van der Waals surface area contributed by atoms with Crippen molar-refractivity contribution in [3.05, 3.63) is 57.6 Å². The summed E-state index contributed by atoms with van der Waals surface area (Å²) in [6.07, 6.45) is 2.18. The molecule has 3 rings (SSSR count). The van der Waals surface area contributed by atoms with Crippen molar-refractivity contribution in [2.75, 3.05) is 4.72 Å². The molecule has 0 fully saturated rings. The van der Waals surface area contributed by atoms with E-state index in [9.17, 15) is 18.3 Å². The normalized spacial score (nSPS) is 13.6. The first-order valence-electron chi connectivity index (χ1n) is 7.04. The van der Waals surface area contributed by atoms with Crippen LogP contribution >= 0.6 is 15.9 Å². The topological polar surface area (TPSA) is 83.5 Å². The SMILES string of the molecule is O=C(O)c1cc2c(c(S(=O)(=O)Nc3cccc(Br)c3)c1)CCC2. The molecule has 23 heavy (non-hydrogen) atoms. The summed E-state index contributed by atoms with van der Waals surface area (Å²) in [7, 11) is -3.85. The first kappa shape index (κ1) is 16.0. The number of nitrogens with one attached hydrogen (secondary N) is 1. The predicted octanol–water partition coefficient (Wildman–Crippen LogP) is 3.44. The van der Waals surface area contributed by atoms with Gasteiger partial charge in [0.1, 0.15) is 0 Å². The van der Waals surface area contributed by atoms with Gasteiger partial charge in [-0.05, 0) is 60.7 Å². The molecule has 2 aromatic rings. The third-order valence-electron chi connectivity index (χ3n) is 3.79. The van der Waals surface area contributed by atoms with E-state index in [0.717, 1.165) is 22.0 Å². The molecule has 0 spiro atoms. The zero-order valence-corrected chi connectivity index (χ0v) is 14.4. The van der Waals surface area contributed by atoms with E-state index in [1.807, 2.05) is 0 Å². The Morgan fingerprint density at radius 1 is 1.17 bits per heavy atom. The van der Waals surface area contributed by atoms with Crippen molar-refractivity contribution >= 4 is 37.6 Å². The highest BCUT2D eigenvalue weighted by Gasteiger charge is 2.26. The Bertz CT molecular complexity index is 893. The molecule has 2 N–H and O–H groups in total.